The van der Waals surface area contributed by atoms with Crippen molar-refractivity contribution in [3.8, 4) is 0 Å². The second kappa shape index (κ2) is 6.04. The van der Waals surface area contributed by atoms with Gasteiger partial charge in [0.05, 0.1) is 0 Å². The summed E-state index contributed by atoms with van der Waals surface area (Å²) in [6, 6.07) is -0.272. The van der Waals surface area contributed by atoms with Crippen LogP contribution in [0.2, 0.25) is 0 Å². The van der Waals surface area contributed by atoms with Gasteiger partial charge < -0.3 is 5.11 Å². The molecule has 82 valence electrons. The van der Waals surface area contributed by atoms with Gasteiger partial charge in [-0.15, -0.1) is 12.4 Å². The number of carbonyl (C=O) groups is 1. The number of likely N-dealkylation sites (tertiary alicyclic amines) is 1. The molecular weight excluding hydrogens is 202 g/mol. The van der Waals surface area contributed by atoms with Crippen LogP contribution in [0.25, 0.3) is 0 Å². The first-order valence-corrected chi connectivity index (χ1v) is 4.78. The molecule has 2 unspecified atom stereocenters. The van der Waals surface area contributed by atoms with Crippen molar-refractivity contribution < 1.29 is 9.90 Å². The van der Waals surface area contributed by atoms with Crippen molar-refractivity contribution in [1.29, 1.82) is 0 Å². The highest BCUT2D eigenvalue weighted by Crippen LogP contribution is 2.23. The van der Waals surface area contributed by atoms with Crippen LogP contribution in [0.5, 0.6) is 0 Å². The summed E-state index contributed by atoms with van der Waals surface area (Å²) in [6.45, 7) is 5.70. The molecule has 0 saturated carbocycles. The van der Waals surface area contributed by atoms with Gasteiger partial charge in [-0.2, -0.15) is 0 Å². The lowest BCUT2D eigenvalue weighted by atomic mass is 10.1. The van der Waals surface area contributed by atoms with Gasteiger partial charge in [-0.05, 0) is 25.8 Å². The Bertz CT molecular complexity index is 218. The normalized spacial score (nSPS) is 27.9. The SMILES string of the molecule is C/C=C\C1CC(C(=O)O)N(CC)C1.Cl. The number of rotatable bonds is 3. The van der Waals surface area contributed by atoms with Crippen LogP contribution in [0.1, 0.15) is 20.3 Å². The highest BCUT2D eigenvalue weighted by Gasteiger charge is 2.34. The number of halogens is 1. The Morgan fingerprint density at radius 2 is 2.29 bits per heavy atom. The van der Waals surface area contributed by atoms with Crippen molar-refractivity contribution in [2.75, 3.05) is 13.1 Å². The number of allylic oxidation sites excluding steroid dienone is 1. The summed E-state index contributed by atoms with van der Waals surface area (Å²) in [7, 11) is 0. The van der Waals surface area contributed by atoms with E-state index in [9.17, 15) is 4.79 Å². The van der Waals surface area contributed by atoms with Crippen molar-refractivity contribution in [2.24, 2.45) is 5.92 Å². The van der Waals surface area contributed by atoms with E-state index in [-0.39, 0.29) is 18.4 Å². The van der Waals surface area contributed by atoms with Gasteiger partial charge in [-0.25, -0.2) is 0 Å². The molecule has 3 nitrogen and oxygen atoms in total. The van der Waals surface area contributed by atoms with Crippen molar-refractivity contribution in [2.45, 2.75) is 26.3 Å². The molecule has 1 saturated heterocycles. The van der Waals surface area contributed by atoms with E-state index < -0.39 is 5.97 Å². The number of aliphatic carboxylic acids is 1. The number of carboxylic acid groups (broad SMARTS) is 1. The van der Waals surface area contributed by atoms with E-state index in [1.54, 1.807) is 0 Å². The van der Waals surface area contributed by atoms with Crippen LogP contribution in [-0.4, -0.2) is 35.1 Å². The van der Waals surface area contributed by atoms with Gasteiger partial charge in [-0.3, -0.25) is 9.69 Å². The first-order valence-electron chi connectivity index (χ1n) is 4.78. The van der Waals surface area contributed by atoms with Crippen molar-refractivity contribution >= 4 is 18.4 Å². The summed E-state index contributed by atoms with van der Waals surface area (Å²) in [5, 5.41) is 8.94. The molecule has 1 heterocycles. The van der Waals surface area contributed by atoms with Gasteiger partial charge in [-0.1, -0.05) is 19.1 Å². The van der Waals surface area contributed by atoms with Crippen LogP contribution < -0.4 is 0 Å². The Morgan fingerprint density at radius 3 is 2.64 bits per heavy atom. The Labute approximate surface area is 91.2 Å². The fraction of sp³-hybridized carbons (Fsp3) is 0.700. The number of hydrogen-bond acceptors (Lipinski definition) is 2. The smallest absolute Gasteiger partial charge is 0.320 e. The summed E-state index contributed by atoms with van der Waals surface area (Å²) in [5.41, 5.74) is 0. The maximum Gasteiger partial charge on any atom is 0.320 e. The molecule has 0 amide bonds. The molecule has 1 N–H and O–H groups in total. The maximum atomic E-state index is 10.9. The number of carboxylic acids is 1. The summed E-state index contributed by atoms with van der Waals surface area (Å²) in [5.74, 6) is -0.264. The van der Waals surface area contributed by atoms with Gasteiger partial charge >= 0.3 is 5.97 Å². The largest absolute Gasteiger partial charge is 0.480 e. The standard InChI is InChI=1S/C10H17NO2.ClH/c1-3-5-8-6-9(10(12)13)11(4-2)7-8;/h3,5,8-9H,4,6-7H2,1-2H3,(H,12,13);1H/b5-3-;. The third-order valence-corrected chi connectivity index (χ3v) is 2.59. The monoisotopic (exact) mass is 219 g/mol. The Hall–Kier alpha value is -0.540. The third-order valence-electron chi connectivity index (χ3n) is 2.59. The molecule has 1 aliphatic heterocycles. The van der Waals surface area contributed by atoms with Crippen LogP contribution >= 0.6 is 12.4 Å². The first kappa shape index (κ1) is 13.5. The number of hydrogen-bond donors (Lipinski definition) is 1. The molecular formula is C10H18ClNO2. The number of likely N-dealkylation sites (N-methyl/N-ethyl adjacent to an activating group) is 1. The second-order valence-corrected chi connectivity index (χ2v) is 3.46. The second-order valence-electron chi connectivity index (χ2n) is 3.46. The summed E-state index contributed by atoms with van der Waals surface area (Å²) in [6.07, 6.45) is 4.86. The molecule has 0 radical (unpaired) electrons. The Kier molecular flexibility index (Phi) is 5.81. The van der Waals surface area contributed by atoms with E-state index in [1.807, 2.05) is 24.8 Å². The summed E-state index contributed by atoms with van der Waals surface area (Å²) in [4.78, 5) is 12.9. The lowest BCUT2D eigenvalue weighted by molar-refractivity contribution is -0.142. The average Bonchev–Trinajstić information content (AvgIpc) is 2.48. The van der Waals surface area contributed by atoms with E-state index in [0.717, 1.165) is 19.5 Å². The minimum absolute atomic E-state index is 0. The summed E-state index contributed by atoms with van der Waals surface area (Å²) >= 11 is 0. The van der Waals surface area contributed by atoms with E-state index in [2.05, 4.69) is 6.08 Å². The minimum Gasteiger partial charge on any atom is -0.480 e. The van der Waals surface area contributed by atoms with E-state index in [0.29, 0.717) is 5.92 Å². The predicted molar refractivity (Wildman–Crippen MR) is 58.8 cm³/mol. The molecule has 0 bridgehead atoms. The molecule has 14 heavy (non-hydrogen) atoms. The average molecular weight is 220 g/mol. The molecule has 0 aliphatic carbocycles. The highest BCUT2D eigenvalue weighted by molar-refractivity contribution is 5.85. The van der Waals surface area contributed by atoms with Crippen molar-refractivity contribution in [1.82, 2.24) is 4.90 Å². The molecule has 1 rings (SSSR count). The van der Waals surface area contributed by atoms with Gasteiger partial charge in [0.2, 0.25) is 0 Å². The van der Waals surface area contributed by atoms with Gasteiger partial charge in [0.15, 0.2) is 0 Å². The molecule has 1 fully saturated rings. The minimum atomic E-state index is -0.686. The lowest BCUT2D eigenvalue weighted by Gasteiger charge is -2.17. The zero-order valence-electron chi connectivity index (χ0n) is 8.64. The third kappa shape index (κ3) is 3.00. The van der Waals surface area contributed by atoms with E-state index in [1.165, 1.54) is 0 Å². The van der Waals surface area contributed by atoms with Gasteiger partial charge in [0, 0.05) is 6.54 Å². The highest BCUT2D eigenvalue weighted by atomic mass is 35.5. The van der Waals surface area contributed by atoms with Crippen LogP contribution in [0.3, 0.4) is 0 Å². The van der Waals surface area contributed by atoms with Crippen LogP contribution in [0.4, 0.5) is 0 Å². The molecule has 1 aliphatic rings. The van der Waals surface area contributed by atoms with Crippen molar-refractivity contribution in [3.63, 3.8) is 0 Å². The maximum absolute atomic E-state index is 10.9. The van der Waals surface area contributed by atoms with Crippen LogP contribution in [-0.2, 0) is 4.79 Å². The van der Waals surface area contributed by atoms with Crippen molar-refractivity contribution in [3.05, 3.63) is 12.2 Å². The zero-order chi connectivity index (χ0) is 9.84. The Morgan fingerprint density at radius 1 is 1.64 bits per heavy atom. The van der Waals surface area contributed by atoms with Gasteiger partial charge in [0.25, 0.3) is 0 Å². The fourth-order valence-corrected chi connectivity index (χ4v) is 1.96. The molecule has 4 heteroatoms. The molecule has 2 atom stereocenters. The van der Waals surface area contributed by atoms with Gasteiger partial charge in [0.1, 0.15) is 6.04 Å². The van der Waals surface area contributed by atoms with Crippen LogP contribution in [0.15, 0.2) is 12.2 Å². The quantitative estimate of drug-likeness (QED) is 0.736. The summed E-state index contributed by atoms with van der Waals surface area (Å²) < 4.78 is 0. The lowest BCUT2D eigenvalue weighted by Crippen LogP contribution is -2.35. The Balaban J connectivity index is 0.00000169. The molecule has 0 aromatic rings. The fourth-order valence-electron chi connectivity index (χ4n) is 1.96. The molecule has 0 aromatic heterocycles. The van der Waals surface area contributed by atoms with Crippen LogP contribution in [0, 0.1) is 5.92 Å². The van der Waals surface area contributed by atoms with E-state index in [4.69, 9.17) is 5.11 Å². The zero-order valence-corrected chi connectivity index (χ0v) is 9.46. The van der Waals surface area contributed by atoms with E-state index >= 15 is 0 Å². The number of nitrogens with zero attached hydrogens (tertiary/aromatic N) is 1. The first-order chi connectivity index (χ1) is 6.19. The predicted octanol–water partition coefficient (Wildman–Crippen LogP) is 1.78. The molecule has 0 aromatic carbocycles. The topological polar surface area (TPSA) is 40.5 Å². The molecule has 0 spiro atoms.